The number of para-hydroxylation sites is 2. The van der Waals surface area contributed by atoms with Crippen LogP contribution in [0.2, 0.25) is 5.15 Å². The molecule has 2 aromatic rings. The molecule has 1 atom stereocenters. The van der Waals surface area contributed by atoms with Crippen LogP contribution in [-0.4, -0.2) is 17.0 Å². The number of amides is 1. The number of hydrogen-bond donors (Lipinski definition) is 0. The fraction of sp³-hybridized carbons (Fsp3) is 0.200. The summed E-state index contributed by atoms with van der Waals surface area (Å²) in [6, 6.07) is 12.9. The number of anilines is 1. The molecule has 102 valence electrons. The maximum Gasteiger partial charge on any atom is 0.268 e. The Hall–Kier alpha value is -2.07. The van der Waals surface area contributed by atoms with E-state index in [1.807, 2.05) is 36.4 Å². The Labute approximate surface area is 122 Å². The number of hydrogen-bond acceptors (Lipinski definition) is 3. The highest BCUT2D eigenvalue weighted by atomic mass is 35.5. The van der Waals surface area contributed by atoms with Gasteiger partial charge in [-0.25, -0.2) is 4.98 Å². The second kappa shape index (κ2) is 5.13. The van der Waals surface area contributed by atoms with E-state index in [1.54, 1.807) is 17.9 Å². The maximum atomic E-state index is 12.3. The molecule has 5 heteroatoms. The van der Waals surface area contributed by atoms with Crippen LogP contribution in [0.1, 0.15) is 12.6 Å². The summed E-state index contributed by atoms with van der Waals surface area (Å²) in [7, 11) is 0. The topological polar surface area (TPSA) is 42.4 Å². The lowest BCUT2D eigenvalue weighted by molar-refractivity contribution is -0.125. The van der Waals surface area contributed by atoms with Crippen molar-refractivity contribution < 1.29 is 9.53 Å². The molecule has 1 aromatic carbocycles. The number of carbonyl (C=O) groups excluding carboxylic acids is 1. The van der Waals surface area contributed by atoms with Gasteiger partial charge in [-0.15, -0.1) is 0 Å². The zero-order chi connectivity index (χ0) is 14.1. The van der Waals surface area contributed by atoms with E-state index in [4.69, 9.17) is 16.3 Å². The van der Waals surface area contributed by atoms with Crippen LogP contribution in [0.25, 0.3) is 0 Å². The summed E-state index contributed by atoms with van der Waals surface area (Å²) >= 11 is 5.89. The van der Waals surface area contributed by atoms with Gasteiger partial charge in [-0.2, -0.15) is 0 Å². The van der Waals surface area contributed by atoms with Gasteiger partial charge in [0.15, 0.2) is 6.10 Å². The van der Waals surface area contributed by atoms with Crippen LogP contribution in [0.3, 0.4) is 0 Å². The Balaban J connectivity index is 1.97. The molecule has 0 saturated heterocycles. The van der Waals surface area contributed by atoms with Crippen molar-refractivity contribution in [2.24, 2.45) is 0 Å². The molecule has 0 spiro atoms. The summed E-state index contributed by atoms with van der Waals surface area (Å²) < 4.78 is 5.60. The van der Waals surface area contributed by atoms with Gasteiger partial charge in [0.2, 0.25) is 0 Å². The van der Waals surface area contributed by atoms with E-state index in [1.165, 1.54) is 0 Å². The first-order valence-corrected chi connectivity index (χ1v) is 6.71. The molecular weight excluding hydrogens is 276 g/mol. The molecule has 1 unspecified atom stereocenters. The minimum atomic E-state index is -0.496. The molecule has 2 heterocycles. The SMILES string of the molecule is CC1Oc2ccccc2N(Cc2cccc(Cl)n2)C1=O. The Kier molecular flexibility index (Phi) is 3.32. The first-order chi connectivity index (χ1) is 9.65. The molecule has 0 fully saturated rings. The van der Waals surface area contributed by atoms with E-state index in [2.05, 4.69) is 4.98 Å². The van der Waals surface area contributed by atoms with Gasteiger partial charge in [0.25, 0.3) is 5.91 Å². The van der Waals surface area contributed by atoms with Crippen molar-refractivity contribution in [3.63, 3.8) is 0 Å². The lowest BCUT2D eigenvalue weighted by Crippen LogP contribution is -2.44. The predicted molar refractivity (Wildman–Crippen MR) is 77.0 cm³/mol. The Bertz CT molecular complexity index is 660. The van der Waals surface area contributed by atoms with E-state index in [0.29, 0.717) is 17.4 Å². The number of ether oxygens (including phenoxy) is 1. The van der Waals surface area contributed by atoms with Crippen molar-refractivity contribution in [3.05, 3.63) is 53.3 Å². The largest absolute Gasteiger partial charge is 0.479 e. The van der Waals surface area contributed by atoms with Crippen LogP contribution >= 0.6 is 11.6 Å². The molecule has 0 radical (unpaired) electrons. The smallest absolute Gasteiger partial charge is 0.268 e. The summed E-state index contributed by atoms with van der Waals surface area (Å²) in [4.78, 5) is 18.2. The number of rotatable bonds is 2. The highest BCUT2D eigenvalue weighted by molar-refractivity contribution is 6.29. The average molecular weight is 289 g/mol. The number of pyridine rings is 1. The Morgan fingerprint density at radius 2 is 2.05 bits per heavy atom. The zero-order valence-corrected chi connectivity index (χ0v) is 11.7. The van der Waals surface area contributed by atoms with E-state index in [-0.39, 0.29) is 5.91 Å². The molecule has 3 rings (SSSR count). The molecule has 0 N–H and O–H groups in total. The molecule has 20 heavy (non-hydrogen) atoms. The lowest BCUT2D eigenvalue weighted by Gasteiger charge is -2.32. The average Bonchev–Trinajstić information content (AvgIpc) is 2.44. The van der Waals surface area contributed by atoms with E-state index in [9.17, 15) is 4.79 Å². The van der Waals surface area contributed by atoms with Gasteiger partial charge in [0.05, 0.1) is 17.9 Å². The molecule has 1 aromatic heterocycles. The second-order valence-electron chi connectivity index (χ2n) is 4.60. The molecule has 1 aliphatic rings. The van der Waals surface area contributed by atoms with Crippen molar-refractivity contribution >= 4 is 23.2 Å². The third-order valence-electron chi connectivity index (χ3n) is 3.17. The Morgan fingerprint density at radius 3 is 2.85 bits per heavy atom. The van der Waals surface area contributed by atoms with Gasteiger partial charge in [-0.05, 0) is 31.2 Å². The van der Waals surface area contributed by atoms with Crippen LogP contribution in [0.15, 0.2) is 42.5 Å². The molecule has 1 amide bonds. The number of carbonyl (C=O) groups is 1. The van der Waals surface area contributed by atoms with Crippen molar-refractivity contribution in [3.8, 4) is 5.75 Å². The van der Waals surface area contributed by atoms with E-state index >= 15 is 0 Å². The summed E-state index contributed by atoms with van der Waals surface area (Å²) in [6.45, 7) is 2.13. The fourth-order valence-corrected chi connectivity index (χ4v) is 2.40. The fourth-order valence-electron chi connectivity index (χ4n) is 2.22. The standard InChI is InChI=1S/C15H13ClN2O2/c1-10-15(19)18(9-11-5-4-8-14(16)17-11)12-6-2-3-7-13(12)20-10/h2-8,10H,9H2,1H3. The van der Waals surface area contributed by atoms with Gasteiger partial charge >= 0.3 is 0 Å². The molecule has 0 aliphatic carbocycles. The van der Waals surface area contributed by atoms with Crippen LogP contribution < -0.4 is 9.64 Å². The maximum absolute atomic E-state index is 12.3. The summed E-state index contributed by atoms with van der Waals surface area (Å²) in [5, 5.41) is 0.421. The minimum absolute atomic E-state index is 0.0783. The van der Waals surface area contributed by atoms with Crippen molar-refractivity contribution in [2.45, 2.75) is 19.6 Å². The summed E-state index contributed by atoms with van der Waals surface area (Å²) in [5.74, 6) is 0.632. The van der Waals surface area contributed by atoms with Gasteiger partial charge < -0.3 is 4.74 Å². The number of halogens is 1. The Morgan fingerprint density at radius 1 is 1.25 bits per heavy atom. The van der Waals surface area contributed by atoms with Crippen LogP contribution in [0, 0.1) is 0 Å². The van der Waals surface area contributed by atoms with Gasteiger partial charge in [-0.1, -0.05) is 29.8 Å². The third-order valence-corrected chi connectivity index (χ3v) is 3.38. The van der Waals surface area contributed by atoms with Gasteiger partial charge in [-0.3, -0.25) is 9.69 Å². The zero-order valence-electron chi connectivity index (χ0n) is 10.9. The first-order valence-electron chi connectivity index (χ1n) is 6.33. The highest BCUT2D eigenvalue weighted by Crippen LogP contribution is 2.34. The lowest BCUT2D eigenvalue weighted by atomic mass is 10.1. The van der Waals surface area contributed by atoms with Crippen molar-refractivity contribution in [1.29, 1.82) is 0 Å². The number of nitrogens with zero attached hydrogens (tertiary/aromatic N) is 2. The normalized spacial score (nSPS) is 17.6. The van der Waals surface area contributed by atoms with Crippen LogP contribution in [0.4, 0.5) is 5.69 Å². The summed E-state index contributed by atoms with van der Waals surface area (Å²) in [5.41, 5.74) is 1.51. The minimum Gasteiger partial charge on any atom is -0.479 e. The van der Waals surface area contributed by atoms with Crippen LogP contribution in [0.5, 0.6) is 5.75 Å². The predicted octanol–water partition coefficient (Wildman–Crippen LogP) is 3.05. The molecular formula is C15H13ClN2O2. The number of fused-ring (bicyclic) bond motifs is 1. The summed E-state index contributed by atoms with van der Waals surface area (Å²) in [6.07, 6.45) is -0.496. The monoisotopic (exact) mass is 288 g/mol. The van der Waals surface area contributed by atoms with E-state index in [0.717, 1.165) is 11.4 Å². The molecule has 0 saturated carbocycles. The molecule has 1 aliphatic heterocycles. The molecule has 4 nitrogen and oxygen atoms in total. The third kappa shape index (κ3) is 2.34. The quantitative estimate of drug-likeness (QED) is 0.798. The van der Waals surface area contributed by atoms with Gasteiger partial charge in [0.1, 0.15) is 10.9 Å². The first kappa shape index (κ1) is 12.9. The van der Waals surface area contributed by atoms with Crippen LogP contribution in [-0.2, 0) is 11.3 Å². The molecule has 0 bridgehead atoms. The highest BCUT2D eigenvalue weighted by Gasteiger charge is 2.31. The van der Waals surface area contributed by atoms with Crippen molar-refractivity contribution in [1.82, 2.24) is 4.98 Å². The van der Waals surface area contributed by atoms with Gasteiger partial charge in [0, 0.05) is 0 Å². The van der Waals surface area contributed by atoms with E-state index < -0.39 is 6.10 Å². The number of benzene rings is 1. The second-order valence-corrected chi connectivity index (χ2v) is 4.99. The van der Waals surface area contributed by atoms with Crippen molar-refractivity contribution in [2.75, 3.05) is 4.90 Å². The number of aromatic nitrogens is 1.